The molecule has 1 saturated heterocycles. The third-order valence-electron chi connectivity index (χ3n) is 9.14. The van der Waals surface area contributed by atoms with Gasteiger partial charge in [-0.15, -0.1) is 6.58 Å². The van der Waals surface area contributed by atoms with Crippen molar-refractivity contribution in [1.82, 2.24) is 4.90 Å². The molecule has 0 aliphatic carbocycles. The Morgan fingerprint density at radius 1 is 0.913 bits per heavy atom. The molecule has 4 rings (SSSR count). The van der Waals surface area contributed by atoms with E-state index in [1.807, 2.05) is 114 Å². The monoisotopic (exact) mass is 626 g/mol. The Labute approximate surface area is 274 Å². The Morgan fingerprint density at radius 3 is 2.07 bits per heavy atom. The molecule has 0 saturated carbocycles. The minimum atomic E-state index is -1.57. The highest BCUT2D eigenvalue weighted by atomic mass is 16.7. The molecular weight excluding hydrogens is 579 g/mol. The molecule has 244 valence electrons. The van der Waals surface area contributed by atoms with Crippen LogP contribution in [0, 0.1) is 0 Å². The Bertz CT molecular complexity index is 1500. The average Bonchev–Trinajstić information content (AvgIpc) is 3.28. The van der Waals surface area contributed by atoms with E-state index in [1.165, 1.54) is 0 Å². The van der Waals surface area contributed by atoms with Gasteiger partial charge in [-0.3, -0.25) is 4.79 Å². The molecule has 0 aromatic heterocycles. The van der Waals surface area contributed by atoms with Crippen molar-refractivity contribution >= 4 is 24.7 Å². The van der Waals surface area contributed by atoms with Gasteiger partial charge >= 0.3 is 13.1 Å². The van der Waals surface area contributed by atoms with Crippen LogP contribution in [0.15, 0.2) is 90.9 Å². The van der Waals surface area contributed by atoms with Crippen molar-refractivity contribution in [2.45, 2.75) is 71.1 Å². The SMILES string of the molecule is C=C(B1OC(C)(C)C(C)(C)O1)[C@H](c1cccc(C(=O)N(CC)CC)c1)[C@@](Nc1ccc(OC)cc1)(C(=O)OCC)c1ccccc1. The number of anilines is 1. The predicted molar refractivity (Wildman–Crippen MR) is 183 cm³/mol. The maximum atomic E-state index is 14.7. The number of nitrogens with one attached hydrogen (secondary N) is 1. The van der Waals surface area contributed by atoms with Crippen molar-refractivity contribution in [2.24, 2.45) is 0 Å². The van der Waals surface area contributed by atoms with E-state index in [9.17, 15) is 9.59 Å². The van der Waals surface area contributed by atoms with Gasteiger partial charge in [0.25, 0.3) is 5.91 Å². The zero-order chi connectivity index (χ0) is 33.7. The fourth-order valence-electron chi connectivity index (χ4n) is 5.86. The van der Waals surface area contributed by atoms with E-state index in [1.54, 1.807) is 25.0 Å². The Morgan fingerprint density at radius 2 is 1.52 bits per heavy atom. The van der Waals surface area contributed by atoms with Gasteiger partial charge in [-0.2, -0.15) is 0 Å². The van der Waals surface area contributed by atoms with Crippen molar-refractivity contribution in [3.05, 3.63) is 108 Å². The Hall–Kier alpha value is -4.08. The van der Waals surface area contributed by atoms with Gasteiger partial charge < -0.3 is 29.0 Å². The van der Waals surface area contributed by atoms with E-state index in [0.29, 0.717) is 46.7 Å². The van der Waals surface area contributed by atoms with Crippen molar-refractivity contribution < 1.29 is 28.4 Å². The first-order valence-electron chi connectivity index (χ1n) is 15.9. The number of hydrogen-bond donors (Lipinski definition) is 1. The summed E-state index contributed by atoms with van der Waals surface area (Å²) in [6, 6.07) is 24.2. The zero-order valence-corrected chi connectivity index (χ0v) is 28.4. The number of nitrogens with zero attached hydrogens (tertiary/aromatic N) is 1. The molecule has 9 heteroatoms. The highest BCUT2D eigenvalue weighted by molar-refractivity contribution is 6.55. The van der Waals surface area contributed by atoms with Crippen LogP contribution < -0.4 is 10.1 Å². The van der Waals surface area contributed by atoms with Gasteiger partial charge in [0.05, 0.1) is 24.9 Å². The molecule has 1 aliphatic heterocycles. The molecule has 1 aliphatic rings. The molecule has 0 radical (unpaired) electrons. The number of methoxy groups -OCH3 is 1. The van der Waals surface area contributed by atoms with E-state index in [-0.39, 0.29) is 12.5 Å². The van der Waals surface area contributed by atoms with Crippen LogP contribution in [0.2, 0.25) is 0 Å². The lowest BCUT2D eigenvalue weighted by Crippen LogP contribution is -2.52. The molecule has 3 aromatic carbocycles. The van der Waals surface area contributed by atoms with Crippen LogP contribution in [0.5, 0.6) is 5.75 Å². The second-order valence-corrected chi connectivity index (χ2v) is 12.4. The van der Waals surface area contributed by atoms with Gasteiger partial charge in [-0.25, -0.2) is 4.79 Å². The van der Waals surface area contributed by atoms with Crippen molar-refractivity contribution in [3.8, 4) is 5.75 Å². The second-order valence-electron chi connectivity index (χ2n) is 12.4. The molecule has 0 bridgehead atoms. The number of amides is 1. The second kappa shape index (κ2) is 14.1. The van der Waals surface area contributed by atoms with Crippen molar-refractivity contribution in [2.75, 3.05) is 32.1 Å². The van der Waals surface area contributed by atoms with Gasteiger partial charge in [0.1, 0.15) is 5.75 Å². The van der Waals surface area contributed by atoms with Crippen LogP contribution in [-0.2, 0) is 24.4 Å². The average molecular weight is 627 g/mol. The summed E-state index contributed by atoms with van der Waals surface area (Å²) >= 11 is 0. The minimum Gasteiger partial charge on any atom is -0.497 e. The molecule has 1 heterocycles. The van der Waals surface area contributed by atoms with E-state index in [0.717, 1.165) is 0 Å². The predicted octanol–water partition coefficient (Wildman–Crippen LogP) is 7.02. The molecular formula is C37H47BN2O6. The molecule has 1 fully saturated rings. The number of carbonyl (C=O) groups is 2. The quantitative estimate of drug-likeness (QED) is 0.161. The summed E-state index contributed by atoms with van der Waals surface area (Å²) < 4.78 is 24.4. The molecule has 0 spiro atoms. The van der Waals surface area contributed by atoms with Gasteiger partial charge in [0.15, 0.2) is 5.54 Å². The zero-order valence-electron chi connectivity index (χ0n) is 28.4. The number of carbonyl (C=O) groups excluding carboxylic acids is 2. The number of hydrogen-bond acceptors (Lipinski definition) is 7. The van der Waals surface area contributed by atoms with Crippen LogP contribution in [0.3, 0.4) is 0 Å². The smallest absolute Gasteiger partial charge is 0.490 e. The maximum Gasteiger partial charge on any atom is 0.490 e. The number of esters is 1. The molecule has 2 atom stereocenters. The molecule has 3 aromatic rings. The summed E-state index contributed by atoms with van der Waals surface area (Å²) in [4.78, 5) is 30.1. The topological polar surface area (TPSA) is 86.3 Å². The molecule has 1 N–H and O–H groups in total. The lowest BCUT2D eigenvalue weighted by Gasteiger charge is -2.42. The van der Waals surface area contributed by atoms with Gasteiger partial charge in [0.2, 0.25) is 0 Å². The van der Waals surface area contributed by atoms with Crippen LogP contribution in [0.1, 0.15) is 75.9 Å². The minimum absolute atomic E-state index is 0.101. The highest BCUT2D eigenvalue weighted by Crippen LogP contribution is 2.49. The van der Waals surface area contributed by atoms with Gasteiger partial charge in [-0.05, 0) is 101 Å². The molecule has 8 nitrogen and oxygen atoms in total. The normalized spacial score (nSPS) is 17.0. The highest BCUT2D eigenvalue weighted by Gasteiger charge is 2.58. The lowest BCUT2D eigenvalue weighted by molar-refractivity contribution is -0.149. The van der Waals surface area contributed by atoms with Crippen LogP contribution in [0.4, 0.5) is 5.69 Å². The molecule has 1 amide bonds. The summed E-state index contributed by atoms with van der Waals surface area (Å²) in [5.74, 6) is -0.764. The van der Waals surface area contributed by atoms with Crippen LogP contribution >= 0.6 is 0 Å². The summed E-state index contributed by atoms with van der Waals surface area (Å²) in [5.41, 5.74) is 0.0989. The molecule has 0 unspecified atom stereocenters. The van der Waals surface area contributed by atoms with Crippen LogP contribution in [0.25, 0.3) is 0 Å². The number of benzene rings is 3. The van der Waals surface area contributed by atoms with Gasteiger partial charge in [-0.1, -0.05) is 42.5 Å². The number of ether oxygens (including phenoxy) is 2. The summed E-state index contributed by atoms with van der Waals surface area (Å²) in [5, 5.41) is 3.59. The molecule has 46 heavy (non-hydrogen) atoms. The lowest BCUT2D eigenvalue weighted by atomic mass is 9.60. The van der Waals surface area contributed by atoms with Crippen LogP contribution in [-0.4, -0.2) is 61.9 Å². The van der Waals surface area contributed by atoms with E-state index < -0.39 is 35.7 Å². The first-order chi connectivity index (χ1) is 21.8. The Balaban J connectivity index is 2.03. The maximum absolute atomic E-state index is 14.7. The van der Waals surface area contributed by atoms with E-state index >= 15 is 0 Å². The fourth-order valence-corrected chi connectivity index (χ4v) is 5.86. The van der Waals surface area contributed by atoms with Gasteiger partial charge in [0, 0.05) is 30.3 Å². The fraction of sp³-hybridized carbons (Fsp3) is 0.405. The summed E-state index contributed by atoms with van der Waals surface area (Å²) in [6.07, 6.45) is 0. The first kappa shape index (κ1) is 34.8. The number of rotatable bonds is 13. The third-order valence-corrected chi connectivity index (χ3v) is 9.14. The van der Waals surface area contributed by atoms with E-state index in [4.69, 9.17) is 18.8 Å². The standard InChI is InChI=1S/C37H47BN2O6/c1-10-40(11-2)33(41)28-18-16-17-27(25-28)32(26(4)38-45-35(5,6)36(7,8)46-38)37(34(42)44-12-3,29-19-14-13-15-20-29)39-30-21-23-31(43-9)24-22-30/h13-25,32,39H,4,10-12H2,1-3,5-9H3/t32-,37-/m1/s1. The van der Waals surface area contributed by atoms with Crippen molar-refractivity contribution in [3.63, 3.8) is 0 Å². The summed E-state index contributed by atoms with van der Waals surface area (Å²) in [7, 11) is 0.735. The third kappa shape index (κ3) is 6.71. The largest absolute Gasteiger partial charge is 0.497 e. The van der Waals surface area contributed by atoms with E-state index in [2.05, 4.69) is 11.9 Å². The first-order valence-corrected chi connectivity index (χ1v) is 15.9. The summed E-state index contributed by atoms with van der Waals surface area (Å²) in [6.45, 7) is 19.5. The Kier molecular flexibility index (Phi) is 10.7. The van der Waals surface area contributed by atoms with Crippen molar-refractivity contribution in [1.29, 1.82) is 0 Å².